The van der Waals surface area contributed by atoms with Crippen molar-refractivity contribution in [3.8, 4) is 0 Å². The molecule has 8 nitrogen and oxygen atoms in total. The lowest BCUT2D eigenvalue weighted by atomic mass is 10.1. The highest BCUT2D eigenvalue weighted by Gasteiger charge is 2.23. The molecular formula is C10H21N3O5S. The van der Waals surface area contributed by atoms with Gasteiger partial charge < -0.3 is 15.7 Å². The van der Waals surface area contributed by atoms with Crippen molar-refractivity contribution in [3.63, 3.8) is 0 Å². The van der Waals surface area contributed by atoms with Gasteiger partial charge in [-0.1, -0.05) is 0 Å². The van der Waals surface area contributed by atoms with Crippen molar-refractivity contribution in [1.29, 1.82) is 0 Å². The number of hydrogen-bond acceptors (Lipinski definition) is 5. The molecule has 0 aliphatic rings. The first-order valence-electron chi connectivity index (χ1n) is 5.62. The van der Waals surface area contributed by atoms with Gasteiger partial charge in [-0.2, -0.15) is 0 Å². The van der Waals surface area contributed by atoms with Crippen molar-refractivity contribution in [1.82, 2.24) is 15.4 Å². The van der Waals surface area contributed by atoms with E-state index in [0.717, 1.165) is 6.26 Å². The first kappa shape index (κ1) is 17.8. The van der Waals surface area contributed by atoms with E-state index in [1.807, 2.05) is 0 Å². The maximum atomic E-state index is 11.1. The topological polar surface area (TPSA) is 125 Å². The second kappa shape index (κ2) is 6.83. The molecule has 0 saturated heterocycles. The first-order chi connectivity index (χ1) is 8.43. The minimum absolute atomic E-state index is 0.00376. The summed E-state index contributed by atoms with van der Waals surface area (Å²) < 4.78 is 24.6. The van der Waals surface area contributed by atoms with Gasteiger partial charge in [0.2, 0.25) is 15.9 Å². The number of amides is 1. The third-order valence-corrected chi connectivity index (χ3v) is 2.98. The molecule has 0 aromatic carbocycles. The Kier molecular flexibility index (Phi) is 6.40. The lowest BCUT2D eigenvalue weighted by Crippen LogP contribution is -2.53. The number of carboxylic acids is 1. The number of carbonyl (C=O) groups is 2. The molecule has 0 aliphatic carbocycles. The summed E-state index contributed by atoms with van der Waals surface area (Å²) in [6, 6.07) is -1.05. The van der Waals surface area contributed by atoms with E-state index in [1.54, 1.807) is 13.8 Å². The number of aliphatic carboxylic acids is 1. The summed E-state index contributed by atoms with van der Waals surface area (Å²) in [4.78, 5) is 21.7. The van der Waals surface area contributed by atoms with E-state index in [-0.39, 0.29) is 13.1 Å². The Morgan fingerprint density at radius 2 is 1.84 bits per heavy atom. The van der Waals surface area contributed by atoms with Crippen LogP contribution in [0.15, 0.2) is 0 Å². The molecule has 0 bridgehead atoms. The molecular weight excluding hydrogens is 274 g/mol. The van der Waals surface area contributed by atoms with Gasteiger partial charge in [0.05, 0.1) is 6.26 Å². The van der Waals surface area contributed by atoms with Gasteiger partial charge in [-0.05, 0) is 13.8 Å². The van der Waals surface area contributed by atoms with Crippen molar-refractivity contribution < 1.29 is 23.1 Å². The number of carboxylic acid groups (broad SMARTS) is 1. The second-order valence-corrected chi connectivity index (χ2v) is 6.73. The Hall–Kier alpha value is -1.19. The predicted octanol–water partition coefficient (Wildman–Crippen LogP) is -1.51. The van der Waals surface area contributed by atoms with Crippen molar-refractivity contribution in [3.05, 3.63) is 0 Å². The average Bonchev–Trinajstić information content (AvgIpc) is 2.10. The van der Waals surface area contributed by atoms with Crippen molar-refractivity contribution in [2.24, 2.45) is 0 Å². The number of hydrogen-bond donors (Lipinski definition) is 4. The fourth-order valence-electron chi connectivity index (χ4n) is 1.51. The molecule has 1 atom stereocenters. The molecule has 0 aliphatic heterocycles. The van der Waals surface area contributed by atoms with Gasteiger partial charge in [-0.15, -0.1) is 0 Å². The SMILES string of the molecule is CC(=O)NC(CNCC(C)(C)NS(C)(=O)=O)C(=O)O. The molecule has 0 fully saturated rings. The number of nitrogens with one attached hydrogen (secondary N) is 3. The Bertz CT molecular complexity index is 432. The van der Waals surface area contributed by atoms with Gasteiger partial charge in [-0.25, -0.2) is 17.9 Å². The monoisotopic (exact) mass is 295 g/mol. The third-order valence-electron chi connectivity index (χ3n) is 2.05. The van der Waals surface area contributed by atoms with Gasteiger partial charge in [0.1, 0.15) is 6.04 Å². The van der Waals surface area contributed by atoms with Crippen LogP contribution in [0.3, 0.4) is 0 Å². The highest BCUT2D eigenvalue weighted by Crippen LogP contribution is 2.01. The molecule has 9 heteroatoms. The minimum atomic E-state index is -3.34. The number of sulfonamides is 1. The molecule has 0 spiro atoms. The normalized spacial score (nSPS) is 13.9. The Morgan fingerprint density at radius 1 is 1.32 bits per heavy atom. The largest absolute Gasteiger partial charge is 0.480 e. The molecule has 0 aromatic rings. The van der Waals surface area contributed by atoms with E-state index >= 15 is 0 Å². The molecule has 112 valence electrons. The Balaban J connectivity index is 4.32. The summed E-state index contributed by atoms with van der Waals surface area (Å²) in [6.45, 7) is 4.78. The van der Waals surface area contributed by atoms with Crippen molar-refractivity contribution >= 4 is 21.9 Å². The molecule has 1 unspecified atom stereocenters. The summed E-state index contributed by atoms with van der Waals surface area (Å²) in [6.07, 6.45) is 1.05. The molecule has 0 rings (SSSR count). The van der Waals surface area contributed by atoms with E-state index in [9.17, 15) is 18.0 Å². The Labute approximate surface area is 113 Å². The molecule has 0 heterocycles. The van der Waals surface area contributed by atoms with Crippen LogP contribution in [0.5, 0.6) is 0 Å². The summed E-state index contributed by atoms with van der Waals surface area (Å²) in [5.41, 5.74) is -0.757. The van der Waals surface area contributed by atoms with Crippen LogP contribution in [0.2, 0.25) is 0 Å². The van der Waals surface area contributed by atoms with Gasteiger partial charge in [-0.3, -0.25) is 4.79 Å². The summed E-state index contributed by atoms with van der Waals surface area (Å²) in [7, 11) is -3.34. The Morgan fingerprint density at radius 3 is 2.21 bits per heavy atom. The summed E-state index contributed by atoms with van der Waals surface area (Å²) in [5, 5.41) is 14.0. The van der Waals surface area contributed by atoms with E-state index in [1.165, 1.54) is 6.92 Å². The maximum Gasteiger partial charge on any atom is 0.327 e. The summed E-state index contributed by atoms with van der Waals surface area (Å²) in [5.74, 6) is -1.60. The van der Waals surface area contributed by atoms with Crippen LogP contribution in [0, 0.1) is 0 Å². The fraction of sp³-hybridized carbons (Fsp3) is 0.800. The second-order valence-electron chi connectivity index (χ2n) is 4.98. The first-order valence-corrected chi connectivity index (χ1v) is 7.52. The van der Waals surface area contributed by atoms with Crippen molar-refractivity contribution in [2.75, 3.05) is 19.3 Å². The van der Waals surface area contributed by atoms with Crippen molar-refractivity contribution in [2.45, 2.75) is 32.4 Å². The fourth-order valence-corrected chi connectivity index (χ4v) is 2.59. The lowest BCUT2D eigenvalue weighted by Gasteiger charge is -2.26. The summed E-state index contributed by atoms with van der Waals surface area (Å²) >= 11 is 0. The quantitative estimate of drug-likeness (QED) is 0.432. The van der Waals surface area contributed by atoms with Crippen LogP contribution in [0.4, 0.5) is 0 Å². The highest BCUT2D eigenvalue weighted by molar-refractivity contribution is 7.88. The molecule has 0 aromatic heterocycles. The van der Waals surface area contributed by atoms with E-state index in [4.69, 9.17) is 5.11 Å². The van der Waals surface area contributed by atoms with Gasteiger partial charge in [0.15, 0.2) is 0 Å². The van der Waals surface area contributed by atoms with Gasteiger partial charge in [0.25, 0.3) is 0 Å². The zero-order chi connectivity index (χ0) is 15.3. The zero-order valence-electron chi connectivity index (χ0n) is 11.5. The van der Waals surface area contributed by atoms with Crippen LogP contribution < -0.4 is 15.4 Å². The average molecular weight is 295 g/mol. The highest BCUT2D eigenvalue weighted by atomic mass is 32.2. The maximum absolute atomic E-state index is 11.1. The predicted molar refractivity (Wildman–Crippen MR) is 70.2 cm³/mol. The van der Waals surface area contributed by atoms with Gasteiger partial charge >= 0.3 is 5.97 Å². The number of carbonyl (C=O) groups excluding carboxylic acids is 1. The molecule has 0 radical (unpaired) electrons. The molecule has 19 heavy (non-hydrogen) atoms. The van der Waals surface area contributed by atoms with Crippen LogP contribution in [0.25, 0.3) is 0 Å². The van der Waals surface area contributed by atoms with E-state index in [2.05, 4.69) is 15.4 Å². The van der Waals surface area contributed by atoms with Crippen LogP contribution in [-0.4, -0.2) is 56.3 Å². The lowest BCUT2D eigenvalue weighted by molar-refractivity contribution is -0.141. The van der Waals surface area contributed by atoms with Gasteiger partial charge in [0, 0.05) is 25.6 Å². The van der Waals surface area contributed by atoms with Crippen LogP contribution in [-0.2, 0) is 19.6 Å². The molecule has 1 amide bonds. The van der Waals surface area contributed by atoms with Crippen LogP contribution in [0.1, 0.15) is 20.8 Å². The van der Waals surface area contributed by atoms with Crippen LogP contribution >= 0.6 is 0 Å². The molecule has 0 saturated carbocycles. The minimum Gasteiger partial charge on any atom is -0.480 e. The van der Waals surface area contributed by atoms with E-state index < -0.39 is 33.5 Å². The van der Waals surface area contributed by atoms with E-state index in [0.29, 0.717) is 0 Å². The number of rotatable bonds is 8. The standard InChI is InChI=1S/C10H21N3O5S/c1-7(14)12-8(9(15)16)5-11-6-10(2,3)13-19(4,17)18/h8,11,13H,5-6H2,1-4H3,(H,12,14)(H,15,16). The third kappa shape index (κ3) is 9.40. The smallest absolute Gasteiger partial charge is 0.327 e. The molecule has 4 N–H and O–H groups in total. The zero-order valence-corrected chi connectivity index (χ0v) is 12.3.